The minimum Gasteiger partial charge on any atom is -1.00 e. The van der Waals surface area contributed by atoms with E-state index in [-0.39, 0.29) is 12.4 Å². The van der Waals surface area contributed by atoms with E-state index in [1.54, 1.807) is 0 Å². The van der Waals surface area contributed by atoms with Gasteiger partial charge in [-0.25, -0.2) is 0 Å². The summed E-state index contributed by atoms with van der Waals surface area (Å²) in [6.07, 6.45) is 6.48. The zero-order chi connectivity index (χ0) is 10.8. The zero-order valence-electron chi connectivity index (χ0n) is 9.53. The number of rotatable bonds is 2. The molecule has 0 radical (unpaired) electrons. The highest BCUT2D eigenvalue weighted by Crippen LogP contribution is 2.32. The first-order chi connectivity index (χ1) is 7.27. The number of para-hydroxylation sites is 1. The molecule has 1 aromatic heterocycles. The maximum atomic E-state index is 2.21. The van der Waals surface area contributed by atoms with E-state index in [1.165, 1.54) is 20.7 Å². The van der Waals surface area contributed by atoms with Crippen molar-refractivity contribution in [1.82, 2.24) is 0 Å². The summed E-state index contributed by atoms with van der Waals surface area (Å²) in [4.78, 5) is 2.74. The number of nitrogens with zero attached hydrogens (tertiary/aromatic N) is 1. The summed E-state index contributed by atoms with van der Waals surface area (Å²) >= 11 is 3.63. The molecule has 1 aromatic carbocycles. The molecule has 1 nitrogen and oxygen atoms in total. The normalized spacial score (nSPS) is 10.2. The fourth-order valence-electron chi connectivity index (χ4n) is 1.77. The summed E-state index contributed by atoms with van der Waals surface area (Å²) in [5.41, 5.74) is 1.29. The van der Waals surface area contributed by atoms with Crippen molar-refractivity contribution in [3.63, 3.8) is 0 Å². The molecule has 0 saturated carbocycles. The molecule has 0 aliphatic rings. The Morgan fingerprint density at radius 1 is 1.06 bits per heavy atom. The molecule has 0 spiro atoms. The van der Waals surface area contributed by atoms with E-state index in [2.05, 4.69) is 54.6 Å². The fourth-order valence-corrected chi connectivity index (χ4v) is 3.47. The molecule has 0 aliphatic carbocycles. The molecule has 0 N–H and O–H groups in total. The molecule has 4 heteroatoms. The largest absolute Gasteiger partial charge is 1.00 e. The number of thioether (sulfide) groups is 2. The predicted molar refractivity (Wildman–Crippen MR) is 68.7 cm³/mol. The summed E-state index contributed by atoms with van der Waals surface area (Å²) in [6, 6.07) is 8.55. The maximum absolute atomic E-state index is 2.21. The second-order valence-electron chi connectivity index (χ2n) is 3.36. The average molecular weight is 272 g/mol. The molecule has 0 atom stereocenters. The second kappa shape index (κ2) is 5.80. The Hall–Kier alpha value is -0.380. The summed E-state index contributed by atoms with van der Waals surface area (Å²) in [5, 5.41) is 1.35. The van der Waals surface area contributed by atoms with Gasteiger partial charge in [0.1, 0.15) is 7.05 Å². The van der Waals surface area contributed by atoms with Gasteiger partial charge in [0.2, 0.25) is 5.52 Å². The third kappa shape index (κ3) is 2.31. The van der Waals surface area contributed by atoms with E-state index in [9.17, 15) is 0 Å². The van der Waals surface area contributed by atoms with E-state index < -0.39 is 0 Å². The number of pyridine rings is 1. The Labute approximate surface area is 111 Å². The smallest absolute Gasteiger partial charge is 0.213 e. The minimum atomic E-state index is 0. The fraction of sp³-hybridized carbons (Fsp3) is 0.250. The lowest BCUT2D eigenvalue weighted by Crippen LogP contribution is -3.00. The lowest BCUT2D eigenvalue weighted by atomic mass is 10.2. The van der Waals surface area contributed by atoms with Crippen LogP contribution >= 0.6 is 23.5 Å². The Morgan fingerprint density at radius 2 is 1.75 bits per heavy atom. The third-order valence-corrected chi connectivity index (χ3v) is 4.21. The first-order valence-corrected chi connectivity index (χ1v) is 7.22. The van der Waals surface area contributed by atoms with Crippen molar-refractivity contribution in [3.8, 4) is 0 Å². The van der Waals surface area contributed by atoms with Gasteiger partial charge in [-0.05, 0) is 18.6 Å². The molecule has 16 heavy (non-hydrogen) atoms. The molecule has 0 bridgehead atoms. The predicted octanol–water partition coefficient (Wildman–Crippen LogP) is 0.112. The number of benzene rings is 1. The van der Waals surface area contributed by atoms with Crippen LogP contribution in [-0.2, 0) is 7.05 Å². The highest BCUT2D eigenvalue weighted by Gasteiger charge is 2.13. The molecular weight excluding hydrogens is 258 g/mol. The number of fused-ring (bicyclic) bond motifs is 1. The number of halogens is 1. The van der Waals surface area contributed by atoms with Crippen LogP contribution in [0.1, 0.15) is 0 Å². The van der Waals surface area contributed by atoms with Gasteiger partial charge in [-0.15, -0.1) is 23.5 Å². The Balaban J connectivity index is 0.00000128. The third-order valence-electron chi connectivity index (χ3n) is 2.49. The van der Waals surface area contributed by atoms with Crippen molar-refractivity contribution in [2.45, 2.75) is 9.79 Å². The highest BCUT2D eigenvalue weighted by molar-refractivity contribution is 8.01. The molecular formula is C12H14ClNS2. The first kappa shape index (κ1) is 13.7. The van der Waals surface area contributed by atoms with Crippen LogP contribution in [0, 0.1) is 0 Å². The SMILES string of the molecule is CSc1c[n+](C)c2ccccc2c1SC.[Cl-]. The van der Waals surface area contributed by atoms with Crippen LogP contribution in [0.5, 0.6) is 0 Å². The van der Waals surface area contributed by atoms with E-state index in [0.29, 0.717) is 0 Å². The molecule has 0 aliphatic heterocycles. The van der Waals surface area contributed by atoms with E-state index in [0.717, 1.165) is 0 Å². The Kier molecular flexibility index (Phi) is 4.96. The minimum absolute atomic E-state index is 0. The van der Waals surface area contributed by atoms with Gasteiger partial charge in [0.25, 0.3) is 0 Å². The maximum Gasteiger partial charge on any atom is 0.213 e. The summed E-state index contributed by atoms with van der Waals surface area (Å²) in [7, 11) is 2.10. The van der Waals surface area contributed by atoms with Crippen LogP contribution in [0.15, 0.2) is 40.3 Å². The quantitative estimate of drug-likeness (QED) is 0.564. The number of hydrogen-bond acceptors (Lipinski definition) is 2. The molecule has 2 aromatic rings. The van der Waals surface area contributed by atoms with Crippen LogP contribution in [0.2, 0.25) is 0 Å². The monoisotopic (exact) mass is 271 g/mol. The molecule has 0 unspecified atom stereocenters. The first-order valence-electron chi connectivity index (χ1n) is 4.77. The van der Waals surface area contributed by atoms with Crippen molar-refractivity contribution in [1.29, 1.82) is 0 Å². The Morgan fingerprint density at radius 3 is 2.38 bits per heavy atom. The van der Waals surface area contributed by atoms with E-state index >= 15 is 0 Å². The van der Waals surface area contributed by atoms with E-state index in [4.69, 9.17) is 0 Å². The number of hydrogen-bond donors (Lipinski definition) is 0. The number of aryl methyl sites for hydroxylation is 1. The molecule has 0 saturated heterocycles. The summed E-state index contributed by atoms with van der Waals surface area (Å²) in [5.74, 6) is 0. The van der Waals surface area contributed by atoms with Crippen molar-refractivity contribution < 1.29 is 17.0 Å². The second-order valence-corrected chi connectivity index (χ2v) is 5.02. The number of aromatic nitrogens is 1. The van der Waals surface area contributed by atoms with Crippen molar-refractivity contribution in [3.05, 3.63) is 30.5 Å². The van der Waals surface area contributed by atoms with Crippen LogP contribution in [0.4, 0.5) is 0 Å². The van der Waals surface area contributed by atoms with Crippen LogP contribution in [0.25, 0.3) is 10.9 Å². The summed E-state index contributed by atoms with van der Waals surface area (Å²) in [6.45, 7) is 0. The van der Waals surface area contributed by atoms with E-state index in [1.807, 2.05) is 23.5 Å². The molecule has 0 amide bonds. The van der Waals surface area contributed by atoms with Crippen molar-refractivity contribution in [2.75, 3.05) is 12.5 Å². The van der Waals surface area contributed by atoms with Gasteiger partial charge >= 0.3 is 0 Å². The molecule has 2 rings (SSSR count). The molecule has 86 valence electrons. The van der Waals surface area contributed by atoms with Gasteiger partial charge in [-0.2, -0.15) is 4.57 Å². The van der Waals surface area contributed by atoms with Gasteiger partial charge < -0.3 is 12.4 Å². The Bertz CT molecular complexity index is 500. The topological polar surface area (TPSA) is 3.88 Å². The van der Waals surface area contributed by atoms with Crippen molar-refractivity contribution in [2.24, 2.45) is 7.05 Å². The van der Waals surface area contributed by atoms with Gasteiger partial charge in [0.15, 0.2) is 6.20 Å². The lowest BCUT2D eigenvalue weighted by molar-refractivity contribution is -0.647. The van der Waals surface area contributed by atoms with Crippen molar-refractivity contribution >= 4 is 34.4 Å². The van der Waals surface area contributed by atoms with Crippen LogP contribution in [-0.4, -0.2) is 12.5 Å². The standard InChI is InChI=1S/C12H14NS2.ClH/c1-13-8-11(14-2)12(15-3)9-6-4-5-7-10(9)13;/h4-8H,1-3H3;1H/q+1;/p-1. The van der Waals surface area contributed by atoms with Gasteiger partial charge in [-0.3, -0.25) is 0 Å². The van der Waals surface area contributed by atoms with Crippen LogP contribution in [0.3, 0.4) is 0 Å². The lowest BCUT2D eigenvalue weighted by Gasteiger charge is -2.06. The summed E-state index contributed by atoms with van der Waals surface area (Å²) < 4.78 is 2.20. The zero-order valence-corrected chi connectivity index (χ0v) is 11.9. The van der Waals surface area contributed by atoms with Gasteiger partial charge in [0.05, 0.1) is 10.3 Å². The van der Waals surface area contributed by atoms with Gasteiger partial charge in [-0.1, -0.05) is 12.1 Å². The molecule has 1 heterocycles. The highest BCUT2D eigenvalue weighted by atomic mass is 35.5. The van der Waals surface area contributed by atoms with Crippen LogP contribution < -0.4 is 17.0 Å². The average Bonchev–Trinajstić information content (AvgIpc) is 2.29. The molecule has 0 fully saturated rings. The van der Waals surface area contributed by atoms with Gasteiger partial charge in [0, 0.05) is 11.0 Å².